The van der Waals surface area contributed by atoms with Crippen LogP contribution in [-0.4, -0.2) is 16.5 Å². The van der Waals surface area contributed by atoms with E-state index in [9.17, 15) is 0 Å². The molecule has 0 fully saturated rings. The van der Waals surface area contributed by atoms with Crippen LogP contribution in [-0.2, 0) is 6.42 Å². The number of nitrogens with one attached hydrogen (secondary N) is 1. The highest BCUT2D eigenvalue weighted by Crippen LogP contribution is 2.33. The van der Waals surface area contributed by atoms with Crippen molar-refractivity contribution in [3.05, 3.63) is 35.5 Å². The number of rotatable bonds is 1. The molecule has 0 radical (unpaired) electrons. The maximum absolute atomic E-state index is 5.77. The number of benzene rings is 1. The average Bonchev–Trinajstić information content (AvgIpc) is 2.71. The number of nitrogens with zero attached hydrogens (tertiary/aromatic N) is 2. The van der Waals surface area contributed by atoms with Gasteiger partial charge in [0.15, 0.2) is 5.13 Å². The molecule has 0 atom stereocenters. The Morgan fingerprint density at radius 3 is 3.00 bits per heavy atom. The number of aryl methyl sites for hydroxylation is 2. The van der Waals surface area contributed by atoms with Gasteiger partial charge in [-0.3, -0.25) is 0 Å². The zero-order valence-corrected chi connectivity index (χ0v) is 13.3. The molecule has 0 unspecified atom stereocenters. The number of hydrogen-bond acceptors (Lipinski definition) is 5. The number of nitrogen functional groups attached to an aromatic ring is 1. The van der Waals surface area contributed by atoms with Crippen LogP contribution in [0.2, 0.25) is 0 Å². The summed E-state index contributed by atoms with van der Waals surface area (Å²) in [5.41, 5.74) is 13.0. The van der Waals surface area contributed by atoms with Gasteiger partial charge >= 0.3 is 0 Å². The molecule has 3 aromatic rings. The summed E-state index contributed by atoms with van der Waals surface area (Å²) in [4.78, 5) is 9.74. The Kier molecular flexibility index (Phi) is 3.22. The van der Waals surface area contributed by atoms with Crippen molar-refractivity contribution in [2.24, 2.45) is 0 Å². The lowest BCUT2D eigenvalue weighted by Gasteiger charge is -2.14. The van der Waals surface area contributed by atoms with Crippen LogP contribution in [0, 0.1) is 6.92 Å². The van der Waals surface area contributed by atoms with Crippen molar-refractivity contribution < 1.29 is 0 Å². The first-order valence-corrected chi connectivity index (χ1v) is 8.42. The molecule has 2 aromatic heterocycles. The van der Waals surface area contributed by atoms with E-state index in [1.54, 1.807) is 0 Å². The molecule has 4 rings (SSSR count). The number of fused-ring (bicyclic) bond motifs is 2. The van der Waals surface area contributed by atoms with Crippen molar-refractivity contribution in [1.82, 2.24) is 9.97 Å². The normalized spacial score (nSPS) is 14.4. The molecule has 0 saturated carbocycles. The Balaban J connectivity index is 1.83. The second kappa shape index (κ2) is 5.25. The summed E-state index contributed by atoms with van der Waals surface area (Å²) in [6, 6.07) is 6.61. The highest BCUT2D eigenvalue weighted by molar-refractivity contribution is 7.21. The molecule has 0 amide bonds. The van der Waals surface area contributed by atoms with E-state index >= 15 is 0 Å². The lowest BCUT2D eigenvalue weighted by molar-refractivity contribution is 0.786. The number of nitrogens with two attached hydrogens (primary N) is 1. The van der Waals surface area contributed by atoms with Crippen LogP contribution < -0.4 is 11.1 Å². The molecule has 112 valence electrons. The van der Waals surface area contributed by atoms with E-state index in [0.717, 1.165) is 28.9 Å². The van der Waals surface area contributed by atoms with Crippen LogP contribution in [0.5, 0.6) is 0 Å². The molecule has 1 aromatic carbocycles. The van der Waals surface area contributed by atoms with Crippen molar-refractivity contribution in [3.63, 3.8) is 0 Å². The van der Waals surface area contributed by atoms with Gasteiger partial charge in [-0.1, -0.05) is 11.3 Å². The third-order valence-corrected chi connectivity index (χ3v) is 5.00. The van der Waals surface area contributed by atoms with E-state index in [1.807, 2.05) is 6.20 Å². The van der Waals surface area contributed by atoms with E-state index in [1.165, 1.54) is 46.6 Å². The third kappa shape index (κ3) is 2.31. The summed E-state index contributed by atoms with van der Waals surface area (Å²) in [6.07, 6.45) is 5.53. The predicted molar refractivity (Wildman–Crippen MR) is 93.4 cm³/mol. The van der Waals surface area contributed by atoms with Gasteiger partial charge < -0.3 is 11.1 Å². The summed E-state index contributed by atoms with van der Waals surface area (Å²) >= 11 is 1.43. The van der Waals surface area contributed by atoms with Gasteiger partial charge in [0.1, 0.15) is 10.3 Å². The van der Waals surface area contributed by atoms with Crippen LogP contribution in [0.3, 0.4) is 0 Å². The SMILES string of the molecule is Cc1cc(-c2cnc3sc(N)nc3c2)cc2c1NCCCC2. The summed E-state index contributed by atoms with van der Waals surface area (Å²) < 4.78 is 0. The molecule has 4 nitrogen and oxygen atoms in total. The maximum atomic E-state index is 5.77. The molecule has 3 N–H and O–H groups in total. The van der Waals surface area contributed by atoms with Crippen molar-refractivity contribution in [2.45, 2.75) is 26.2 Å². The number of hydrogen-bond donors (Lipinski definition) is 2. The quantitative estimate of drug-likeness (QED) is 0.713. The average molecular weight is 310 g/mol. The number of anilines is 2. The van der Waals surface area contributed by atoms with Crippen LogP contribution in [0.1, 0.15) is 24.0 Å². The summed E-state index contributed by atoms with van der Waals surface area (Å²) in [7, 11) is 0. The van der Waals surface area contributed by atoms with E-state index in [-0.39, 0.29) is 0 Å². The van der Waals surface area contributed by atoms with Gasteiger partial charge in [0, 0.05) is 24.0 Å². The molecular formula is C17H18N4S. The fraction of sp³-hybridized carbons (Fsp3) is 0.294. The minimum atomic E-state index is 0.571. The molecule has 22 heavy (non-hydrogen) atoms. The lowest BCUT2D eigenvalue weighted by atomic mass is 9.97. The Hall–Kier alpha value is -2.14. The third-order valence-electron chi connectivity index (χ3n) is 4.19. The zero-order valence-electron chi connectivity index (χ0n) is 12.5. The number of pyridine rings is 1. The van der Waals surface area contributed by atoms with Crippen LogP contribution >= 0.6 is 11.3 Å². The topological polar surface area (TPSA) is 63.8 Å². The fourth-order valence-electron chi connectivity index (χ4n) is 3.13. The van der Waals surface area contributed by atoms with E-state index < -0.39 is 0 Å². The van der Waals surface area contributed by atoms with E-state index in [2.05, 4.69) is 40.4 Å². The molecule has 0 saturated heterocycles. The molecule has 1 aliphatic heterocycles. The fourth-order valence-corrected chi connectivity index (χ4v) is 3.79. The molecule has 1 aliphatic rings. The Bertz CT molecular complexity index is 853. The molecular weight excluding hydrogens is 292 g/mol. The zero-order chi connectivity index (χ0) is 15.1. The minimum absolute atomic E-state index is 0.571. The molecule has 0 spiro atoms. The first-order chi connectivity index (χ1) is 10.7. The van der Waals surface area contributed by atoms with Crippen LogP contribution in [0.15, 0.2) is 24.4 Å². The Morgan fingerprint density at radius 2 is 2.09 bits per heavy atom. The largest absolute Gasteiger partial charge is 0.385 e. The second-order valence-electron chi connectivity index (χ2n) is 5.81. The summed E-state index contributed by atoms with van der Waals surface area (Å²) in [5.74, 6) is 0. The smallest absolute Gasteiger partial charge is 0.182 e. The van der Waals surface area contributed by atoms with Gasteiger partial charge in [0.25, 0.3) is 0 Å². The van der Waals surface area contributed by atoms with Gasteiger partial charge in [-0.05, 0) is 61.1 Å². The Labute approximate surface area is 133 Å². The van der Waals surface area contributed by atoms with E-state index in [4.69, 9.17) is 5.73 Å². The lowest BCUT2D eigenvalue weighted by Crippen LogP contribution is -2.02. The van der Waals surface area contributed by atoms with Gasteiger partial charge in [-0.25, -0.2) is 9.97 Å². The Morgan fingerprint density at radius 1 is 1.18 bits per heavy atom. The monoisotopic (exact) mass is 310 g/mol. The standard InChI is InChI=1S/C17H18N4S/c1-10-6-12(7-11-4-2-3-5-19-15(10)11)13-8-14-16(20-9-13)22-17(18)21-14/h6-9,19H,2-5H2,1H3,(H2,18,21). The van der Waals surface area contributed by atoms with Crippen LogP contribution in [0.4, 0.5) is 10.8 Å². The van der Waals surface area contributed by atoms with Gasteiger partial charge in [0.05, 0.1) is 0 Å². The molecule has 5 heteroatoms. The molecule has 0 bridgehead atoms. The van der Waals surface area contributed by atoms with Gasteiger partial charge in [-0.15, -0.1) is 0 Å². The molecule has 3 heterocycles. The predicted octanol–water partition coefficient (Wildman–Crippen LogP) is 4.00. The number of aromatic nitrogens is 2. The van der Waals surface area contributed by atoms with Gasteiger partial charge in [0.2, 0.25) is 0 Å². The second-order valence-corrected chi connectivity index (χ2v) is 6.82. The first-order valence-electron chi connectivity index (χ1n) is 7.60. The van der Waals surface area contributed by atoms with E-state index in [0.29, 0.717) is 5.13 Å². The number of thiazole rings is 1. The van der Waals surface area contributed by atoms with Crippen molar-refractivity contribution in [3.8, 4) is 11.1 Å². The maximum Gasteiger partial charge on any atom is 0.182 e. The van der Waals surface area contributed by atoms with Crippen LogP contribution in [0.25, 0.3) is 21.5 Å². The minimum Gasteiger partial charge on any atom is -0.385 e. The summed E-state index contributed by atoms with van der Waals surface area (Å²) in [6.45, 7) is 3.24. The first kappa shape index (κ1) is 13.5. The van der Waals surface area contributed by atoms with Crippen molar-refractivity contribution >= 4 is 32.5 Å². The van der Waals surface area contributed by atoms with Crippen molar-refractivity contribution in [1.29, 1.82) is 0 Å². The van der Waals surface area contributed by atoms with Gasteiger partial charge in [-0.2, -0.15) is 0 Å². The highest BCUT2D eigenvalue weighted by atomic mass is 32.1. The van der Waals surface area contributed by atoms with Crippen molar-refractivity contribution in [2.75, 3.05) is 17.6 Å². The highest BCUT2D eigenvalue weighted by Gasteiger charge is 2.13. The molecule has 0 aliphatic carbocycles. The summed E-state index contributed by atoms with van der Waals surface area (Å²) in [5, 5.41) is 4.13.